The Balaban J connectivity index is 2.27. The summed E-state index contributed by atoms with van der Waals surface area (Å²) in [6.07, 6.45) is 0. The lowest BCUT2D eigenvalue weighted by atomic mass is 9.98. The maximum atomic E-state index is 8.52. The Morgan fingerprint density at radius 1 is 0.800 bits per heavy atom. The molecule has 1 heterocycles. The smallest absolute Gasteiger partial charge is 0.138 e. The van der Waals surface area contributed by atoms with Gasteiger partial charge < -0.3 is 4.42 Å². The van der Waals surface area contributed by atoms with E-state index in [0.717, 1.165) is 0 Å². The summed E-state index contributed by atoms with van der Waals surface area (Å²) >= 11 is 0. The quantitative estimate of drug-likeness (QED) is 0.441. The summed E-state index contributed by atoms with van der Waals surface area (Å²) in [6.45, 7) is 1.49. The van der Waals surface area contributed by atoms with Crippen molar-refractivity contribution >= 4 is 21.9 Å². The van der Waals surface area contributed by atoms with Gasteiger partial charge in [-0.15, -0.1) is 0 Å². The van der Waals surface area contributed by atoms with E-state index in [-0.39, 0.29) is 38.6 Å². The van der Waals surface area contributed by atoms with Crippen molar-refractivity contribution in [1.82, 2.24) is 0 Å². The van der Waals surface area contributed by atoms with Gasteiger partial charge in [-0.2, -0.15) is 0 Å². The zero-order valence-corrected chi connectivity index (χ0v) is 10.4. The number of aryl methyl sites for hydroxylation is 1. The molecular formula is C19H14O. The van der Waals surface area contributed by atoms with Crippen LogP contribution in [0, 0.1) is 6.92 Å². The summed E-state index contributed by atoms with van der Waals surface area (Å²) in [4.78, 5) is 0. The van der Waals surface area contributed by atoms with Crippen molar-refractivity contribution in [2.24, 2.45) is 0 Å². The van der Waals surface area contributed by atoms with Crippen LogP contribution < -0.4 is 0 Å². The number of hydrogen-bond acceptors (Lipinski definition) is 1. The number of hydrogen-bond donors (Lipinski definition) is 0. The molecule has 0 amide bonds. The van der Waals surface area contributed by atoms with E-state index < -0.39 is 66.5 Å². The lowest BCUT2D eigenvalue weighted by Gasteiger charge is -2.06. The first-order chi connectivity index (χ1) is 14.4. The molecule has 1 aromatic heterocycles. The van der Waals surface area contributed by atoms with E-state index in [1.54, 1.807) is 0 Å². The van der Waals surface area contributed by atoms with Crippen molar-refractivity contribution in [3.63, 3.8) is 0 Å². The molecule has 20 heavy (non-hydrogen) atoms. The minimum Gasteiger partial charge on any atom is -0.456 e. The molecule has 0 unspecified atom stereocenters. The second kappa shape index (κ2) is 4.24. The van der Waals surface area contributed by atoms with Crippen LogP contribution in [-0.2, 0) is 0 Å². The van der Waals surface area contributed by atoms with Gasteiger partial charge in [-0.25, -0.2) is 0 Å². The molecule has 0 fully saturated rings. The van der Waals surface area contributed by atoms with E-state index in [2.05, 4.69) is 0 Å². The average molecular weight is 269 g/mol. The SMILES string of the molecule is [2H]c1c([2H])c([2H])c(-c2c([2H])c([2H])c3c(oc4c([2H])c([2H])c([2H])c([2H])c43)c2C)c([2H])c1[2H]. The predicted octanol–water partition coefficient (Wildman–Crippen LogP) is 5.56. The fourth-order valence-corrected chi connectivity index (χ4v) is 2.16. The Kier molecular flexibility index (Phi) is 1.01. The first kappa shape index (κ1) is 4.78. The Morgan fingerprint density at radius 2 is 1.55 bits per heavy atom. The first-order valence-corrected chi connectivity index (χ1v) is 5.91. The number of furan rings is 1. The molecule has 3 aromatic carbocycles. The molecule has 0 aliphatic carbocycles. The number of fused-ring (bicyclic) bond motifs is 3. The summed E-state index contributed by atoms with van der Waals surface area (Å²) in [6, 6.07) is -5.48. The van der Waals surface area contributed by atoms with Crippen LogP contribution in [0.3, 0.4) is 0 Å². The predicted molar refractivity (Wildman–Crippen MR) is 83.9 cm³/mol. The topological polar surface area (TPSA) is 13.1 Å². The molecule has 1 heteroatoms. The fraction of sp³-hybridized carbons (Fsp3) is 0.0526. The molecule has 0 aliphatic rings. The van der Waals surface area contributed by atoms with E-state index in [9.17, 15) is 0 Å². The standard InChI is InChI=1S/C19H14O/c1-13-15(14-7-3-2-4-8-14)11-12-17-16-9-5-6-10-18(16)20-19(13)17/h2-12H,1H3/i2D,3D,4D,5D,6D,7D,8D,9D,10D,11D,12D. The van der Waals surface area contributed by atoms with Gasteiger partial charge in [0.05, 0.1) is 15.1 Å². The van der Waals surface area contributed by atoms with Crippen molar-refractivity contribution in [3.8, 4) is 11.1 Å². The van der Waals surface area contributed by atoms with Gasteiger partial charge in [-0.3, -0.25) is 0 Å². The van der Waals surface area contributed by atoms with Crippen LogP contribution in [0.2, 0.25) is 0 Å². The van der Waals surface area contributed by atoms with Crippen molar-refractivity contribution in [2.75, 3.05) is 0 Å². The van der Waals surface area contributed by atoms with E-state index in [4.69, 9.17) is 19.5 Å². The zero-order valence-electron chi connectivity index (χ0n) is 21.4. The normalized spacial score (nSPS) is 18.9. The molecule has 4 aromatic rings. The molecule has 0 atom stereocenters. The maximum Gasteiger partial charge on any atom is 0.138 e. The Bertz CT molecular complexity index is 1420. The molecule has 4 rings (SSSR count). The molecule has 0 bridgehead atoms. The zero-order chi connectivity index (χ0) is 23.1. The van der Waals surface area contributed by atoms with Gasteiger partial charge in [-0.1, -0.05) is 54.4 Å². The van der Waals surface area contributed by atoms with Crippen LogP contribution >= 0.6 is 0 Å². The third-order valence-corrected chi connectivity index (χ3v) is 3.11. The molecule has 0 aliphatic heterocycles. The highest BCUT2D eigenvalue weighted by Crippen LogP contribution is 2.35. The van der Waals surface area contributed by atoms with Crippen molar-refractivity contribution in [3.05, 3.63) is 72.0 Å². The van der Waals surface area contributed by atoms with Gasteiger partial charge in [0.15, 0.2) is 0 Å². The molecule has 0 spiro atoms. The van der Waals surface area contributed by atoms with Crippen molar-refractivity contribution in [1.29, 1.82) is 0 Å². The van der Waals surface area contributed by atoms with Crippen molar-refractivity contribution < 1.29 is 19.5 Å². The minimum absolute atomic E-state index is 0.00445. The average Bonchev–Trinajstić information content (AvgIpc) is 3.15. The fourth-order valence-electron chi connectivity index (χ4n) is 2.16. The van der Waals surface area contributed by atoms with Crippen LogP contribution in [-0.4, -0.2) is 0 Å². The molecule has 0 saturated heterocycles. The monoisotopic (exact) mass is 269 g/mol. The molecule has 0 saturated carbocycles. The summed E-state index contributed by atoms with van der Waals surface area (Å²) < 4.78 is 94.8. The largest absolute Gasteiger partial charge is 0.456 e. The van der Waals surface area contributed by atoms with Crippen LogP contribution in [0.15, 0.2) is 70.9 Å². The summed E-state index contributed by atoms with van der Waals surface area (Å²) in [5.41, 5.74) is -0.296. The van der Waals surface area contributed by atoms with Gasteiger partial charge in [0.1, 0.15) is 11.2 Å². The van der Waals surface area contributed by atoms with Gasteiger partial charge >= 0.3 is 0 Å². The summed E-state index contributed by atoms with van der Waals surface area (Å²) in [5, 5.41) is -0.0178. The molecule has 0 radical (unpaired) electrons. The molecule has 1 nitrogen and oxygen atoms in total. The first-order valence-electron chi connectivity index (χ1n) is 11.4. The van der Waals surface area contributed by atoms with Gasteiger partial charge in [0.2, 0.25) is 0 Å². The molecular weight excluding hydrogens is 244 g/mol. The Labute approximate surface area is 132 Å². The van der Waals surface area contributed by atoms with Crippen LogP contribution in [0.5, 0.6) is 0 Å². The number of para-hydroxylation sites is 1. The maximum absolute atomic E-state index is 8.52. The summed E-state index contributed by atoms with van der Waals surface area (Å²) in [5.74, 6) is 0. The summed E-state index contributed by atoms with van der Waals surface area (Å²) in [7, 11) is 0. The van der Waals surface area contributed by atoms with E-state index >= 15 is 0 Å². The number of rotatable bonds is 1. The van der Waals surface area contributed by atoms with Gasteiger partial charge in [0, 0.05) is 16.3 Å². The second-order valence-corrected chi connectivity index (χ2v) is 4.26. The highest BCUT2D eigenvalue weighted by atomic mass is 16.3. The lowest BCUT2D eigenvalue weighted by Crippen LogP contribution is -1.83. The van der Waals surface area contributed by atoms with E-state index in [1.165, 1.54) is 6.92 Å². The van der Waals surface area contributed by atoms with Gasteiger partial charge in [0.25, 0.3) is 0 Å². The molecule has 0 N–H and O–H groups in total. The van der Waals surface area contributed by atoms with E-state index in [1.807, 2.05) is 0 Å². The van der Waals surface area contributed by atoms with Crippen molar-refractivity contribution in [2.45, 2.75) is 6.92 Å². The second-order valence-electron chi connectivity index (χ2n) is 4.26. The highest BCUT2D eigenvalue weighted by Gasteiger charge is 2.12. The Morgan fingerprint density at radius 3 is 2.40 bits per heavy atom. The van der Waals surface area contributed by atoms with E-state index in [0.29, 0.717) is 0 Å². The molecule has 96 valence electrons. The Hall–Kier alpha value is -2.54. The highest BCUT2D eigenvalue weighted by molar-refractivity contribution is 6.07. The van der Waals surface area contributed by atoms with Crippen LogP contribution in [0.4, 0.5) is 0 Å². The van der Waals surface area contributed by atoms with Crippen LogP contribution in [0.1, 0.15) is 20.6 Å². The van der Waals surface area contributed by atoms with Crippen LogP contribution in [0.25, 0.3) is 33.1 Å². The third kappa shape index (κ3) is 1.56. The minimum atomic E-state index is -0.581. The van der Waals surface area contributed by atoms with Gasteiger partial charge in [-0.05, 0) is 30.1 Å². The third-order valence-electron chi connectivity index (χ3n) is 3.11. The lowest BCUT2D eigenvalue weighted by molar-refractivity contribution is 0.666. The number of benzene rings is 3.